The van der Waals surface area contributed by atoms with Crippen LogP contribution in [0, 0.1) is 0 Å². The van der Waals surface area contributed by atoms with E-state index in [1.165, 1.54) is 18.2 Å². The largest absolute Gasteiger partial charge is 0.504 e. The molecule has 0 aromatic heterocycles. The van der Waals surface area contributed by atoms with Crippen molar-refractivity contribution in [2.24, 2.45) is 0 Å². The molecule has 19 heavy (non-hydrogen) atoms. The summed E-state index contributed by atoms with van der Waals surface area (Å²) in [6.45, 7) is 4.75. The van der Waals surface area contributed by atoms with Crippen LogP contribution in [0.3, 0.4) is 0 Å². The lowest BCUT2D eigenvalue weighted by atomic mass is 10.1. The van der Waals surface area contributed by atoms with Gasteiger partial charge in [-0.3, -0.25) is 9.69 Å². The number of para-hydroxylation sites is 1. The highest BCUT2D eigenvalue weighted by atomic mass is 16.3. The first-order valence-electron chi connectivity index (χ1n) is 6.66. The third-order valence-electron chi connectivity index (χ3n) is 3.66. The predicted molar refractivity (Wildman–Crippen MR) is 72.4 cm³/mol. The van der Waals surface area contributed by atoms with Gasteiger partial charge >= 0.3 is 0 Å². The molecule has 5 nitrogen and oxygen atoms in total. The van der Waals surface area contributed by atoms with Gasteiger partial charge in [-0.2, -0.15) is 0 Å². The molecule has 1 aliphatic rings. The Labute approximate surface area is 112 Å². The standard InChI is InChI=1S/C14H20N2O3/c1-2-16-8-4-5-10(16)9-15-14(19)11-6-3-7-12(17)13(11)18/h3,6-7,10,17-18H,2,4-5,8-9H2,1H3,(H,15,19). The Bertz CT molecular complexity index is 462. The van der Waals surface area contributed by atoms with Crippen molar-refractivity contribution >= 4 is 5.91 Å². The Balaban J connectivity index is 1.96. The fourth-order valence-corrected chi connectivity index (χ4v) is 2.56. The number of amides is 1. The molecule has 2 rings (SSSR count). The molecule has 104 valence electrons. The van der Waals surface area contributed by atoms with E-state index in [1.54, 1.807) is 0 Å². The molecule has 1 aromatic carbocycles. The van der Waals surface area contributed by atoms with E-state index >= 15 is 0 Å². The molecule has 0 bridgehead atoms. The molecule has 1 aromatic rings. The van der Waals surface area contributed by atoms with E-state index in [4.69, 9.17) is 0 Å². The second-order valence-corrected chi connectivity index (χ2v) is 4.81. The highest BCUT2D eigenvalue weighted by molar-refractivity contribution is 5.97. The number of likely N-dealkylation sites (N-methyl/N-ethyl adjacent to an activating group) is 1. The second kappa shape index (κ2) is 5.93. The van der Waals surface area contributed by atoms with Crippen molar-refractivity contribution < 1.29 is 15.0 Å². The predicted octanol–water partition coefficient (Wildman–Crippen LogP) is 1.31. The van der Waals surface area contributed by atoms with E-state index in [-0.39, 0.29) is 23.0 Å². The third-order valence-corrected chi connectivity index (χ3v) is 3.66. The van der Waals surface area contributed by atoms with E-state index in [2.05, 4.69) is 17.1 Å². The number of phenolic OH excluding ortho intramolecular Hbond substituents is 2. The summed E-state index contributed by atoms with van der Waals surface area (Å²) < 4.78 is 0. The number of nitrogens with zero attached hydrogens (tertiary/aromatic N) is 1. The molecular weight excluding hydrogens is 244 g/mol. The SMILES string of the molecule is CCN1CCCC1CNC(=O)c1cccc(O)c1O. The lowest BCUT2D eigenvalue weighted by molar-refractivity contribution is 0.0938. The summed E-state index contributed by atoms with van der Waals surface area (Å²) in [6.07, 6.45) is 2.24. The topological polar surface area (TPSA) is 72.8 Å². The molecule has 1 atom stereocenters. The van der Waals surface area contributed by atoms with Crippen LogP contribution in [-0.2, 0) is 0 Å². The number of likely N-dealkylation sites (tertiary alicyclic amines) is 1. The number of hydrogen-bond acceptors (Lipinski definition) is 4. The lowest BCUT2D eigenvalue weighted by Crippen LogP contribution is -2.40. The number of carbonyl (C=O) groups excluding carboxylic acids is 1. The number of nitrogens with one attached hydrogen (secondary N) is 1. The van der Waals surface area contributed by atoms with Gasteiger partial charge in [0.15, 0.2) is 11.5 Å². The molecule has 1 fully saturated rings. The highest BCUT2D eigenvalue weighted by Crippen LogP contribution is 2.28. The van der Waals surface area contributed by atoms with Crippen molar-refractivity contribution in [3.8, 4) is 11.5 Å². The quantitative estimate of drug-likeness (QED) is 0.717. The summed E-state index contributed by atoms with van der Waals surface area (Å²) in [6, 6.07) is 4.75. The molecule has 3 N–H and O–H groups in total. The van der Waals surface area contributed by atoms with Crippen molar-refractivity contribution in [1.29, 1.82) is 0 Å². The van der Waals surface area contributed by atoms with Gasteiger partial charge < -0.3 is 15.5 Å². The van der Waals surface area contributed by atoms with Crippen LogP contribution in [0.1, 0.15) is 30.1 Å². The minimum atomic E-state index is -0.362. The van der Waals surface area contributed by atoms with Crippen molar-refractivity contribution in [1.82, 2.24) is 10.2 Å². The highest BCUT2D eigenvalue weighted by Gasteiger charge is 2.23. The fourth-order valence-electron chi connectivity index (χ4n) is 2.56. The zero-order valence-electron chi connectivity index (χ0n) is 11.1. The van der Waals surface area contributed by atoms with Crippen molar-refractivity contribution in [2.75, 3.05) is 19.6 Å². The summed E-state index contributed by atoms with van der Waals surface area (Å²) in [4.78, 5) is 14.3. The molecule has 0 radical (unpaired) electrons. The maximum absolute atomic E-state index is 12.0. The van der Waals surface area contributed by atoms with E-state index in [0.29, 0.717) is 12.6 Å². The van der Waals surface area contributed by atoms with Gasteiger partial charge in [0.1, 0.15) is 0 Å². The first kappa shape index (κ1) is 13.7. The summed E-state index contributed by atoms with van der Waals surface area (Å²) in [7, 11) is 0. The van der Waals surface area contributed by atoms with Crippen molar-refractivity contribution in [2.45, 2.75) is 25.8 Å². The number of benzene rings is 1. The monoisotopic (exact) mass is 264 g/mol. The number of carbonyl (C=O) groups is 1. The molecule has 1 saturated heterocycles. The summed E-state index contributed by atoms with van der Waals surface area (Å²) in [5.41, 5.74) is 0.112. The minimum absolute atomic E-state index is 0.112. The molecule has 1 aliphatic heterocycles. The smallest absolute Gasteiger partial charge is 0.255 e. The average molecular weight is 264 g/mol. The van der Waals surface area contributed by atoms with Crippen LogP contribution >= 0.6 is 0 Å². The lowest BCUT2D eigenvalue weighted by Gasteiger charge is -2.22. The first-order valence-corrected chi connectivity index (χ1v) is 6.66. The van der Waals surface area contributed by atoms with Gasteiger partial charge in [0.05, 0.1) is 5.56 Å². The van der Waals surface area contributed by atoms with Crippen LogP contribution < -0.4 is 5.32 Å². The van der Waals surface area contributed by atoms with E-state index in [1.807, 2.05) is 0 Å². The number of rotatable bonds is 4. The first-order chi connectivity index (χ1) is 9.13. The van der Waals surface area contributed by atoms with Crippen molar-refractivity contribution in [3.63, 3.8) is 0 Å². The van der Waals surface area contributed by atoms with Crippen LogP contribution in [0.4, 0.5) is 0 Å². The molecule has 0 saturated carbocycles. The molecule has 1 amide bonds. The number of hydrogen-bond donors (Lipinski definition) is 3. The van der Waals surface area contributed by atoms with E-state index < -0.39 is 0 Å². The van der Waals surface area contributed by atoms with Crippen LogP contribution in [0.15, 0.2) is 18.2 Å². The van der Waals surface area contributed by atoms with E-state index in [0.717, 1.165) is 25.9 Å². The van der Waals surface area contributed by atoms with Gasteiger partial charge in [0, 0.05) is 12.6 Å². The summed E-state index contributed by atoms with van der Waals surface area (Å²) in [5, 5.41) is 21.8. The van der Waals surface area contributed by atoms with Gasteiger partial charge in [-0.1, -0.05) is 13.0 Å². The van der Waals surface area contributed by atoms with Crippen LogP contribution in [-0.4, -0.2) is 46.7 Å². The minimum Gasteiger partial charge on any atom is -0.504 e. The maximum atomic E-state index is 12.0. The normalized spacial score (nSPS) is 19.5. The Morgan fingerprint density at radius 1 is 1.47 bits per heavy atom. The third kappa shape index (κ3) is 2.98. The zero-order valence-corrected chi connectivity index (χ0v) is 11.1. The van der Waals surface area contributed by atoms with Crippen LogP contribution in [0.5, 0.6) is 11.5 Å². The molecule has 1 unspecified atom stereocenters. The van der Waals surface area contributed by atoms with Gasteiger partial charge in [-0.25, -0.2) is 0 Å². The van der Waals surface area contributed by atoms with Crippen molar-refractivity contribution in [3.05, 3.63) is 23.8 Å². The second-order valence-electron chi connectivity index (χ2n) is 4.81. The zero-order chi connectivity index (χ0) is 13.8. The van der Waals surface area contributed by atoms with E-state index in [9.17, 15) is 15.0 Å². The average Bonchev–Trinajstić information content (AvgIpc) is 2.86. The Kier molecular flexibility index (Phi) is 4.27. The van der Waals surface area contributed by atoms with Crippen LogP contribution in [0.2, 0.25) is 0 Å². The molecule has 1 heterocycles. The summed E-state index contributed by atoms with van der Waals surface area (Å²) in [5.74, 6) is -0.987. The van der Waals surface area contributed by atoms with Gasteiger partial charge in [0.25, 0.3) is 5.91 Å². The molecule has 5 heteroatoms. The Morgan fingerprint density at radius 2 is 2.26 bits per heavy atom. The fraction of sp³-hybridized carbons (Fsp3) is 0.500. The summed E-state index contributed by atoms with van der Waals surface area (Å²) >= 11 is 0. The Hall–Kier alpha value is -1.75. The van der Waals surface area contributed by atoms with Gasteiger partial charge in [-0.15, -0.1) is 0 Å². The van der Waals surface area contributed by atoms with Gasteiger partial charge in [-0.05, 0) is 38.1 Å². The Morgan fingerprint density at radius 3 is 3.00 bits per heavy atom. The van der Waals surface area contributed by atoms with Crippen LogP contribution in [0.25, 0.3) is 0 Å². The van der Waals surface area contributed by atoms with Gasteiger partial charge in [0.2, 0.25) is 0 Å². The maximum Gasteiger partial charge on any atom is 0.255 e. The molecule has 0 spiro atoms. The molecular formula is C14H20N2O3. The molecule has 0 aliphatic carbocycles. The number of phenols is 2. The number of aromatic hydroxyl groups is 2.